The van der Waals surface area contributed by atoms with E-state index in [2.05, 4.69) is 5.48 Å². The first-order valence-electron chi connectivity index (χ1n) is 3.76. The van der Waals surface area contributed by atoms with Crippen molar-refractivity contribution in [1.29, 1.82) is 0 Å². The standard InChI is InChI=1S/C7H15NO.ClH/c1-8-9-7-5-3-2-4-6-7;/h7-8H,2-6H2,1H3;1H. The fourth-order valence-electron chi connectivity index (χ4n) is 1.35. The summed E-state index contributed by atoms with van der Waals surface area (Å²) >= 11 is 0. The lowest BCUT2D eigenvalue weighted by Crippen LogP contribution is -2.22. The van der Waals surface area contributed by atoms with Crippen molar-refractivity contribution < 1.29 is 4.84 Å². The van der Waals surface area contributed by atoms with E-state index in [4.69, 9.17) is 4.84 Å². The van der Waals surface area contributed by atoms with Crippen LogP contribution >= 0.6 is 12.4 Å². The SMILES string of the molecule is CNOC1CCCCC1.Cl. The summed E-state index contributed by atoms with van der Waals surface area (Å²) in [5.74, 6) is 0. The molecule has 0 unspecified atom stereocenters. The maximum Gasteiger partial charge on any atom is 0.0790 e. The molecule has 3 heteroatoms. The monoisotopic (exact) mass is 165 g/mol. The van der Waals surface area contributed by atoms with E-state index in [1.54, 1.807) is 0 Å². The summed E-state index contributed by atoms with van der Waals surface area (Å²) < 4.78 is 0. The molecule has 0 heterocycles. The molecule has 1 saturated carbocycles. The van der Waals surface area contributed by atoms with Gasteiger partial charge in [-0.25, -0.2) is 5.48 Å². The fourth-order valence-corrected chi connectivity index (χ4v) is 1.35. The molecule has 0 atom stereocenters. The van der Waals surface area contributed by atoms with E-state index in [9.17, 15) is 0 Å². The predicted octanol–water partition coefficient (Wildman–Crippen LogP) is 1.89. The van der Waals surface area contributed by atoms with Crippen molar-refractivity contribution in [3.8, 4) is 0 Å². The second-order valence-electron chi connectivity index (χ2n) is 2.58. The minimum absolute atomic E-state index is 0. The Morgan fingerprint density at radius 2 is 1.80 bits per heavy atom. The van der Waals surface area contributed by atoms with E-state index in [0.717, 1.165) is 0 Å². The lowest BCUT2D eigenvalue weighted by Gasteiger charge is -2.20. The van der Waals surface area contributed by atoms with E-state index in [0.29, 0.717) is 6.10 Å². The lowest BCUT2D eigenvalue weighted by molar-refractivity contribution is -0.0302. The van der Waals surface area contributed by atoms with Crippen LogP contribution in [0.25, 0.3) is 0 Å². The molecule has 0 radical (unpaired) electrons. The summed E-state index contributed by atoms with van der Waals surface area (Å²) in [7, 11) is 1.83. The normalized spacial score (nSPS) is 20.1. The van der Waals surface area contributed by atoms with Crippen molar-refractivity contribution in [1.82, 2.24) is 5.48 Å². The molecule has 0 aliphatic heterocycles. The first kappa shape index (κ1) is 10.2. The van der Waals surface area contributed by atoms with Crippen molar-refractivity contribution in [2.75, 3.05) is 7.05 Å². The number of nitrogens with one attached hydrogen (secondary N) is 1. The number of hydrogen-bond donors (Lipinski definition) is 1. The van der Waals surface area contributed by atoms with Crippen LogP contribution < -0.4 is 5.48 Å². The van der Waals surface area contributed by atoms with Crippen LogP contribution in [0.3, 0.4) is 0 Å². The quantitative estimate of drug-likeness (QED) is 0.632. The van der Waals surface area contributed by atoms with Crippen molar-refractivity contribution in [3.05, 3.63) is 0 Å². The number of hydroxylamine groups is 1. The van der Waals surface area contributed by atoms with Gasteiger partial charge in [-0.15, -0.1) is 12.4 Å². The summed E-state index contributed by atoms with van der Waals surface area (Å²) in [4.78, 5) is 5.23. The molecule has 1 fully saturated rings. The zero-order valence-electron chi connectivity index (χ0n) is 6.43. The van der Waals surface area contributed by atoms with Crippen LogP contribution in [0.4, 0.5) is 0 Å². The minimum Gasteiger partial charge on any atom is -0.299 e. The third-order valence-electron chi connectivity index (χ3n) is 1.84. The third kappa shape index (κ3) is 3.40. The molecule has 0 aromatic heterocycles. The van der Waals surface area contributed by atoms with Gasteiger partial charge in [0.15, 0.2) is 0 Å². The van der Waals surface area contributed by atoms with E-state index < -0.39 is 0 Å². The Hall–Kier alpha value is 0.210. The van der Waals surface area contributed by atoms with Crippen LogP contribution in [0.1, 0.15) is 32.1 Å². The maximum absolute atomic E-state index is 5.23. The summed E-state index contributed by atoms with van der Waals surface area (Å²) in [5.41, 5.74) is 2.74. The molecular weight excluding hydrogens is 150 g/mol. The molecule has 1 N–H and O–H groups in total. The number of halogens is 1. The second-order valence-corrected chi connectivity index (χ2v) is 2.58. The molecule has 0 aromatic carbocycles. The minimum atomic E-state index is 0. The zero-order chi connectivity index (χ0) is 6.53. The van der Waals surface area contributed by atoms with Gasteiger partial charge in [0.25, 0.3) is 0 Å². The van der Waals surface area contributed by atoms with Gasteiger partial charge in [0.2, 0.25) is 0 Å². The van der Waals surface area contributed by atoms with E-state index in [1.165, 1.54) is 32.1 Å². The average molecular weight is 166 g/mol. The molecule has 1 aliphatic carbocycles. The van der Waals surface area contributed by atoms with Gasteiger partial charge < -0.3 is 0 Å². The predicted molar refractivity (Wildman–Crippen MR) is 44.3 cm³/mol. The maximum atomic E-state index is 5.23. The Labute approximate surface area is 68.7 Å². The Morgan fingerprint density at radius 3 is 2.30 bits per heavy atom. The van der Waals surface area contributed by atoms with Crippen molar-refractivity contribution in [3.63, 3.8) is 0 Å². The second kappa shape index (κ2) is 5.96. The van der Waals surface area contributed by atoms with Crippen molar-refractivity contribution >= 4 is 12.4 Å². The molecule has 0 aromatic rings. The Bertz CT molecular complexity index is 71.3. The highest BCUT2D eigenvalue weighted by Crippen LogP contribution is 2.18. The lowest BCUT2D eigenvalue weighted by atomic mass is 9.98. The van der Waals surface area contributed by atoms with Crippen molar-refractivity contribution in [2.24, 2.45) is 0 Å². The van der Waals surface area contributed by atoms with Gasteiger partial charge in [-0.1, -0.05) is 19.3 Å². The van der Waals surface area contributed by atoms with Gasteiger partial charge in [-0.05, 0) is 12.8 Å². The first-order valence-corrected chi connectivity index (χ1v) is 3.76. The topological polar surface area (TPSA) is 21.3 Å². The van der Waals surface area contributed by atoms with Crippen LogP contribution in [0.2, 0.25) is 0 Å². The Morgan fingerprint density at radius 1 is 1.20 bits per heavy atom. The van der Waals surface area contributed by atoms with Gasteiger partial charge in [-0.2, -0.15) is 0 Å². The van der Waals surface area contributed by atoms with E-state index >= 15 is 0 Å². The van der Waals surface area contributed by atoms with Gasteiger partial charge >= 0.3 is 0 Å². The molecule has 62 valence electrons. The van der Waals surface area contributed by atoms with Gasteiger partial charge in [0.05, 0.1) is 6.10 Å². The summed E-state index contributed by atoms with van der Waals surface area (Å²) in [6.45, 7) is 0. The highest BCUT2D eigenvalue weighted by Gasteiger charge is 2.12. The summed E-state index contributed by atoms with van der Waals surface area (Å²) in [6, 6.07) is 0. The molecule has 2 nitrogen and oxygen atoms in total. The molecular formula is C7H16ClNO. The molecule has 1 rings (SSSR count). The van der Waals surface area contributed by atoms with Crippen molar-refractivity contribution in [2.45, 2.75) is 38.2 Å². The smallest absolute Gasteiger partial charge is 0.0790 e. The van der Waals surface area contributed by atoms with Crippen LogP contribution in [0, 0.1) is 0 Å². The highest BCUT2D eigenvalue weighted by atomic mass is 35.5. The Balaban J connectivity index is 0.000000810. The molecule has 0 spiro atoms. The van der Waals surface area contributed by atoms with E-state index in [1.807, 2.05) is 7.05 Å². The average Bonchev–Trinajstić information content (AvgIpc) is 1.91. The van der Waals surface area contributed by atoms with E-state index in [-0.39, 0.29) is 12.4 Å². The highest BCUT2D eigenvalue weighted by molar-refractivity contribution is 5.85. The largest absolute Gasteiger partial charge is 0.299 e. The molecule has 1 aliphatic rings. The molecule has 0 bridgehead atoms. The Kier molecular flexibility index (Phi) is 6.08. The van der Waals surface area contributed by atoms with Gasteiger partial charge in [0, 0.05) is 7.05 Å². The fraction of sp³-hybridized carbons (Fsp3) is 1.00. The van der Waals surface area contributed by atoms with Crippen LogP contribution in [0.5, 0.6) is 0 Å². The molecule has 0 amide bonds. The van der Waals surface area contributed by atoms with Crippen LogP contribution in [-0.2, 0) is 4.84 Å². The van der Waals surface area contributed by atoms with Crippen LogP contribution in [-0.4, -0.2) is 13.2 Å². The molecule has 0 saturated heterocycles. The third-order valence-corrected chi connectivity index (χ3v) is 1.84. The number of rotatable bonds is 2. The van der Waals surface area contributed by atoms with Gasteiger partial charge in [0.1, 0.15) is 0 Å². The summed E-state index contributed by atoms with van der Waals surface area (Å²) in [5, 5.41) is 0. The number of hydrogen-bond acceptors (Lipinski definition) is 2. The summed E-state index contributed by atoms with van der Waals surface area (Å²) in [6.07, 6.45) is 7.04. The van der Waals surface area contributed by atoms with Gasteiger partial charge in [-0.3, -0.25) is 4.84 Å². The zero-order valence-corrected chi connectivity index (χ0v) is 7.25. The first-order chi connectivity index (χ1) is 4.43. The molecule has 10 heavy (non-hydrogen) atoms. The van der Waals surface area contributed by atoms with Crippen LogP contribution in [0.15, 0.2) is 0 Å².